The van der Waals surface area contributed by atoms with Gasteiger partial charge in [-0.2, -0.15) is 0 Å². The lowest BCUT2D eigenvalue weighted by molar-refractivity contribution is 0.0630. The molecule has 1 aromatic carbocycles. The van der Waals surface area contributed by atoms with Crippen molar-refractivity contribution >= 4 is 5.91 Å². The highest BCUT2D eigenvalue weighted by Gasteiger charge is 2.26. The van der Waals surface area contributed by atoms with Gasteiger partial charge in [-0.3, -0.25) is 4.79 Å². The van der Waals surface area contributed by atoms with Crippen molar-refractivity contribution in [2.24, 2.45) is 0 Å². The van der Waals surface area contributed by atoms with Crippen molar-refractivity contribution in [1.29, 1.82) is 0 Å². The lowest BCUT2D eigenvalue weighted by atomic mass is 10.0. The van der Waals surface area contributed by atoms with E-state index in [-0.39, 0.29) is 11.5 Å². The van der Waals surface area contributed by atoms with E-state index in [1.54, 1.807) is 23.1 Å². The van der Waals surface area contributed by atoms with Gasteiger partial charge in [0, 0.05) is 19.1 Å². The summed E-state index contributed by atoms with van der Waals surface area (Å²) in [6.07, 6.45) is 2.07. The number of benzene rings is 1. The Morgan fingerprint density at radius 1 is 1.39 bits per heavy atom. The lowest BCUT2D eigenvalue weighted by Gasteiger charge is -2.36. The van der Waals surface area contributed by atoms with Gasteiger partial charge in [0.25, 0.3) is 5.91 Å². The monoisotopic (exact) mass is 250 g/mol. The molecule has 1 aliphatic heterocycles. The number of hydrogen-bond donors (Lipinski definition) is 0. The summed E-state index contributed by atoms with van der Waals surface area (Å²) in [6, 6.07) is 6.56. The van der Waals surface area contributed by atoms with E-state index in [1.165, 1.54) is 6.07 Å². The molecule has 0 N–H and O–H groups in total. The zero-order valence-electron chi connectivity index (χ0n) is 10.9. The molecule has 0 aromatic heterocycles. The minimum Gasteiger partial charge on any atom is -0.337 e. The maximum atomic E-state index is 13.6. The number of carbonyl (C=O) groups is 1. The molecule has 0 saturated carbocycles. The summed E-state index contributed by atoms with van der Waals surface area (Å²) >= 11 is 0. The predicted molar refractivity (Wildman–Crippen MR) is 69.0 cm³/mol. The van der Waals surface area contributed by atoms with Crippen LogP contribution in [0, 0.1) is 5.82 Å². The second kappa shape index (κ2) is 5.48. The van der Waals surface area contributed by atoms with Crippen LogP contribution >= 0.6 is 0 Å². The first-order valence-electron chi connectivity index (χ1n) is 6.30. The quantitative estimate of drug-likeness (QED) is 0.801. The number of nitrogens with zero attached hydrogens (tertiary/aromatic N) is 2. The Bertz CT molecular complexity index is 434. The fourth-order valence-corrected chi connectivity index (χ4v) is 2.37. The van der Waals surface area contributed by atoms with Crippen molar-refractivity contribution in [1.82, 2.24) is 9.80 Å². The van der Waals surface area contributed by atoms with Gasteiger partial charge in [-0.15, -0.1) is 0 Å². The third-order valence-corrected chi connectivity index (χ3v) is 3.52. The fraction of sp³-hybridized carbons (Fsp3) is 0.500. The van der Waals surface area contributed by atoms with Crippen LogP contribution in [0.5, 0.6) is 0 Å². The van der Waals surface area contributed by atoms with Crippen molar-refractivity contribution in [2.45, 2.75) is 18.9 Å². The predicted octanol–water partition coefficient (Wildman–Crippen LogP) is 1.99. The average molecular weight is 250 g/mol. The molecule has 1 aromatic rings. The van der Waals surface area contributed by atoms with Gasteiger partial charge in [-0.25, -0.2) is 4.39 Å². The summed E-state index contributed by atoms with van der Waals surface area (Å²) in [6.45, 7) is 1.40. The van der Waals surface area contributed by atoms with Crippen molar-refractivity contribution < 1.29 is 9.18 Å². The van der Waals surface area contributed by atoms with Crippen LogP contribution in [0.1, 0.15) is 23.2 Å². The molecule has 1 aliphatic rings. The molecule has 3 nitrogen and oxygen atoms in total. The molecule has 1 amide bonds. The van der Waals surface area contributed by atoms with Crippen molar-refractivity contribution in [2.75, 3.05) is 27.2 Å². The number of hydrogen-bond acceptors (Lipinski definition) is 2. The van der Waals surface area contributed by atoms with E-state index in [9.17, 15) is 9.18 Å². The minimum absolute atomic E-state index is 0.178. The highest BCUT2D eigenvalue weighted by Crippen LogP contribution is 2.17. The highest BCUT2D eigenvalue weighted by molar-refractivity contribution is 5.94. The van der Waals surface area contributed by atoms with Gasteiger partial charge in [0.05, 0.1) is 5.56 Å². The molecule has 0 radical (unpaired) electrons. The smallest absolute Gasteiger partial charge is 0.256 e. The van der Waals surface area contributed by atoms with E-state index in [0.29, 0.717) is 12.6 Å². The summed E-state index contributed by atoms with van der Waals surface area (Å²) < 4.78 is 13.6. The Morgan fingerprint density at radius 2 is 2.11 bits per heavy atom. The van der Waals surface area contributed by atoms with E-state index >= 15 is 0 Å². The van der Waals surface area contributed by atoms with Crippen molar-refractivity contribution in [3.05, 3.63) is 35.6 Å². The molecule has 1 unspecified atom stereocenters. The van der Waals surface area contributed by atoms with Gasteiger partial charge in [0.1, 0.15) is 5.82 Å². The maximum absolute atomic E-state index is 13.6. The molecule has 0 spiro atoms. The number of likely N-dealkylation sites (N-methyl/N-ethyl adjacent to an activating group) is 1. The van der Waals surface area contributed by atoms with Crippen molar-refractivity contribution in [3.63, 3.8) is 0 Å². The topological polar surface area (TPSA) is 23.6 Å². The third-order valence-electron chi connectivity index (χ3n) is 3.52. The van der Waals surface area contributed by atoms with E-state index in [0.717, 1.165) is 19.4 Å². The van der Waals surface area contributed by atoms with Crippen molar-refractivity contribution in [3.8, 4) is 0 Å². The van der Waals surface area contributed by atoms with Gasteiger partial charge in [-0.05, 0) is 39.1 Å². The molecule has 0 aliphatic carbocycles. The van der Waals surface area contributed by atoms with Crippen LogP contribution < -0.4 is 0 Å². The number of likely N-dealkylation sites (tertiary alicyclic amines) is 1. The van der Waals surface area contributed by atoms with Crippen LogP contribution in [-0.2, 0) is 0 Å². The average Bonchev–Trinajstić information content (AvgIpc) is 2.38. The molecular formula is C14H19FN2O. The summed E-state index contributed by atoms with van der Waals surface area (Å²) in [7, 11) is 4.03. The Balaban J connectivity index is 2.12. The minimum atomic E-state index is -0.436. The number of amides is 1. The zero-order chi connectivity index (χ0) is 13.1. The van der Waals surface area contributed by atoms with E-state index in [2.05, 4.69) is 4.90 Å². The molecule has 1 heterocycles. The van der Waals surface area contributed by atoms with Crippen LogP contribution in [0.2, 0.25) is 0 Å². The van der Waals surface area contributed by atoms with Crippen LogP contribution in [0.15, 0.2) is 24.3 Å². The van der Waals surface area contributed by atoms with E-state index in [1.807, 2.05) is 14.1 Å². The number of carbonyl (C=O) groups excluding carboxylic acids is 1. The second-order valence-corrected chi connectivity index (χ2v) is 4.99. The van der Waals surface area contributed by atoms with Crippen LogP contribution in [0.25, 0.3) is 0 Å². The Morgan fingerprint density at radius 3 is 2.78 bits per heavy atom. The van der Waals surface area contributed by atoms with Crippen LogP contribution in [-0.4, -0.2) is 48.9 Å². The van der Waals surface area contributed by atoms with E-state index < -0.39 is 5.82 Å². The molecule has 0 bridgehead atoms. The normalized spacial score (nSPS) is 20.2. The zero-order valence-corrected chi connectivity index (χ0v) is 10.9. The molecule has 2 rings (SSSR count). The first kappa shape index (κ1) is 13.0. The maximum Gasteiger partial charge on any atom is 0.256 e. The Kier molecular flexibility index (Phi) is 3.97. The third kappa shape index (κ3) is 2.70. The molecule has 1 atom stereocenters. The van der Waals surface area contributed by atoms with Gasteiger partial charge in [0.15, 0.2) is 0 Å². The van der Waals surface area contributed by atoms with Crippen LogP contribution in [0.4, 0.5) is 4.39 Å². The number of rotatable bonds is 2. The molecule has 1 fully saturated rings. The molecule has 4 heteroatoms. The number of halogens is 1. The Hall–Kier alpha value is -1.42. The lowest BCUT2D eigenvalue weighted by Crippen LogP contribution is -2.47. The van der Waals surface area contributed by atoms with Gasteiger partial charge in [0.2, 0.25) is 0 Å². The summed E-state index contributed by atoms with van der Waals surface area (Å²) in [5, 5.41) is 0. The first-order valence-corrected chi connectivity index (χ1v) is 6.30. The summed E-state index contributed by atoms with van der Waals surface area (Å²) in [4.78, 5) is 16.1. The van der Waals surface area contributed by atoms with Crippen LogP contribution in [0.3, 0.4) is 0 Å². The van der Waals surface area contributed by atoms with E-state index in [4.69, 9.17) is 0 Å². The highest BCUT2D eigenvalue weighted by atomic mass is 19.1. The SMILES string of the molecule is CN(C)C1CCCN(C(=O)c2ccccc2F)C1. The molecule has 18 heavy (non-hydrogen) atoms. The first-order chi connectivity index (χ1) is 8.59. The molecule has 1 saturated heterocycles. The van der Waals surface area contributed by atoms with Gasteiger partial charge in [-0.1, -0.05) is 12.1 Å². The Labute approximate surface area is 107 Å². The standard InChI is InChI=1S/C14H19FN2O/c1-16(2)11-6-5-9-17(10-11)14(18)12-7-3-4-8-13(12)15/h3-4,7-8,11H,5-6,9-10H2,1-2H3. The fourth-order valence-electron chi connectivity index (χ4n) is 2.37. The van der Waals surface area contributed by atoms with Gasteiger partial charge < -0.3 is 9.80 Å². The number of piperidine rings is 1. The summed E-state index contributed by atoms with van der Waals surface area (Å²) in [5.74, 6) is -0.630. The largest absolute Gasteiger partial charge is 0.337 e. The summed E-state index contributed by atoms with van der Waals surface area (Å²) in [5.41, 5.74) is 0.178. The van der Waals surface area contributed by atoms with Gasteiger partial charge >= 0.3 is 0 Å². The molecular weight excluding hydrogens is 231 g/mol. The second-order valence-electron chi connectivity index (χ2n) is 4.99. The molecule has 98 valence electrons.